The fraction of sp³-hybridized carbons (Fsp3) is 0.400. The van der Waals surface area contributed by atoms with Crippen LogP contribution >= 0.6 is 0 Å². The van der Waals surface area contributed by atoms with Crippen molar-refractivity contribution in [3.05, 3.63) is 0 Å². The molecule has 0 spiro atoms. The van der Waals surface area contributed by atoms with Gasteiger partial charge in [0.15, 0.2) is 0 Å². The van der Waals surface area contributed by atoms with E-state index in [1.807, 2.05) is 0 Å². The van der Waals surface area contributed by atoms with Crippen molar-refractivity contribution >= 4 is 11.8 Å². The van der Waals surface area contributed by atoms with E-state index in [4.69, 9.17) is 15.5 Å². The summed E-state index contributed by atoms with van der Waals surface area (Å²) < 4.78 is 0. The Labute approximate surface area is 56.5 Å². The van der Waals surface area contributed by atoms with Crippen LogP contribution in [0, 0.1) is 17.2 Å². The molecule has 0 aromatic rings. The Morgan fingerprint density at radius 1 is 1.60 bits per heavy atom. The minimum absolute atomic E-state index is 0.748. The first-order valence-electron chi connectivity index (χ1n) is 2.41. The lowest BCUT2D eigenvalue weighted by atomic mass is 10.1. The number of aliphatic hydroxyl groups excluding tert-OH is 1. The van der Waals surface area contributed by atoms with E-state index in [0.717, 1.165) is 0 Å². The van der Waals surface area contributed by atoms with Crippen molar-refractivity contribution in [1.82, 2.24) is 0 Å². The van der Waals surface area contributed by atoms with E-state index in [1.54, 1.807) is 0 Å². The maximum absolute atomic E-state index is 10.3. The molecule has 0 aliphatic carbocycles. The number of hydrogen-bond acceptors (Lipinski definition) is 4. The summed E-state index contributed by atoms with van der Waals surface area (Å²) in [4.78, 5) is 20.2. The highest BCUT2D eigenvalue weighted by atomic mass is 16.4. The highest BCUT2D eigenvalue weighted by molar-refractivity contribution is 6.34. The van der Waals surface area contributed by atoms with Crippen LogP contribution in [0.4, 0.5) is 0 Å². The van der Waals surface area contributed by atoms with E-state index in [0.29, 0.717) is 0 Å². The van der Waals surface area contributed by atoms with Crippen molar-refractivity contribution in [1.29, 1.82) is 5.26 Å². The van der Waals surface area contributed by atoms with E-state index in [1.165, 1.54) is 6.07 Å². The number of aliphatic carboxylic acids is 1. The average Bonchev–Trinajstić information content (AvgIpc) is 1.90. The van der Waals surface area contributed by atoms with Gasteiger partial charge in [-0.05, 0) is 0 Å². The number of Topliss-reactive ketones (excluding diaryl/α,β-unsaturated/α-hetero) is 1. The molecule has 0 bridgehead atoms. The molecule has 0 rings (SSSR count). The van der Waals surface area contributed by atoms with Crippen LogP contribution in [-0.2, 0) is 9.59 Å². The minimum atomic E-state index is -1.69. The first-order valence-corrected chi connectivity index (χ1v) is 2.41. The SMILES string of the molecule is N#CC(CO)C(=O)C(=O)O. The molecule has 0 aliphatic rings. The molecule has 0 amide bonds. The van der Waals surface area contributed by atoms with Gasteiger partial charge in [-0.2, -0.15) is 5.26 Å². The van der Waals surface area contributed by atoms with Gasteiger partial charge in [-0.25, -0.2) is 4.79 Å². The van der Waals surface area contributed by atoms with Crippen LogP contribution in [0.1, 0.15) is 0 Å². The number of carbonyl (C=O) groups is 2. The number of carboxylic acid groups (broad SMARTS) is 1. The van der Waals surface area contributed by atoms with E-state index < -0.39 is 24.3 Å². The van der Waals surface area contributed by atoms with Gasteiger partial charge >= 0.3 is 5.97 Å². The van der Waals surface area contributed by atoms with E-state index >= 15 is 0 Å². The molecule has 0 aromatic heterocycles. The second-order valence-electron chi connectivity index (χ2n) is 1.53. The molecule has 0 fully saturated rings. The molecular formula is C5H5NO4. The maximum Gasteiger partial charge on any atom is 0.373 e. The summed E-state index contributed by atoms with van der Waals surface area (Å²) >= 11 is 0. The second kappa shape index (κ2) is 3.58. The van der Waals surface area contributed by atoms with Crippen LogP contribution in [0.15, 0.2) is 0 Å². The van der Waals surface area contributed by atoms with Crippen LogP contribution in [0.2, 0.25) is 0 Å². The van der Waals surface area contributed by atoms with Crippen molar-refractivity contribution < 1.29 is 19.8 Å². The second-order valence-corrected chi connectivity index (χ2v) is 1.53. The van der Waals surface area contributed by atoms with E-state index in [-0.39, 0.29) is 0 Å². The van der Waals surface area contributed by atoms with Crippen LogP contribution in [0.5, 0.6) is 0 Å². The van der Waals surface area contributed by atoms with Crippen LogP contribution in [0.25, 0.3) is 0 Å². The molecule has 1 atom stereocenters. The summed E-state index contributed by atoms with van der Waals surface area (Å²) in [6.45, 7) is -0.748. The average molecular weight is 143 g/mol. The molecule has 0 saturated heterocycles. The summed E-state index contributed by atoms with van der Waals surface area (Å²) in [5.41, 5.74) is 0. The molecule has 0 radical (unpaired) electrons. The standard InChI is InChI=1S/C5H5NO4/c6-1-3(2-7)4(8)5(9)10/h3,7H,2H2,(H,9,10). The van der Waals surface area contributed by atoms with Crippen LogP contribution < -0.4 is 0 Å². The first-order chi connectivity index (χ1) is 4.63. The molecule has 5 nitrogen and oxygen atoms in total. The zero-order chi connectivity index (χ0) is 8.15. The quantitative estimate of drug-likeness (QED) is 0.482. The maximum atomic E-state index is 10.3. The van der Waals surface area contributed by atoms with Gasteiger partial charge in [0.1, 0.15) is 5.92 Å². The third kappa shape index (κ3) is 1.84. The Hall–Kier alpha value is -1.41. The monoisotopic (exact) mass is 143 g/mol. The van der Waals surface area contributed by atoms with E-state index in [9.17, 15) is 9.59 Å². The Kier molecular flexibility index (Phi) is 3.08. The Morgan fingerprint density at radius 2 is 2.10 bits per heavy atom. The number of aliphatic hydroxyl groups is 1. The predicted octanol–water partition coefficient (Wildman–Crippen LogP) is -1.23. The largest absolute Gasteiger partial charge is 0.475 e. The highest BCUT2D eigenvalue weighted by Gasteiger charge is 2.23. The zero-order valence-corrected chi connectivity index (χ0v) is 4.94. The summed E-state index contributed by atoms with van der Waals surface area (Å²) in [5.74, 6) is -4.40. The number of ketones is 1. The molecule has 10 heavy (non-hydrogen) atoms. The first kappa shape index (κ1) is 8.59. The number of nitriles is 1. The molecular weight excluding hydrogens is 138 g/mol. The van der Waals surface area contributed by atoms with Crippen LogP contribution in [-0.4, -0.2) is 28.6 Å². The zero-order valence-electron chi connectivity index (χ0n) is 4.94. The van der Waals surface area contributed by atoms with Crippen LogP contribution in [0.3, 0.4) is 0 Å². The third-order valence-electron chi connectivity index (χ3n) is 0.866. The van der Waals surface area contributed by atoms with E-state index in [2.05, 4.69) is 0 Å². The van der Waals surface area contributed by atoms with Crippen molar-refractivity contribution in [2.75, 3.05) is 6.61 Å². The lowest BCUT2D eigenvalue weighted by Crippen LogP contribution is -2.24. The van der Waals surface area contributed by atoms with Crippen molar-refractivity contribution in [3.8, 4) is 6.07 Å². The van der Waals surface area contributed by atoms with Gasteiger partial charge < -0.3 is 10.2 Å². The summed E-state index contributed by atoms with van der Waals surface area (Å²) in [5, 5.41) is 24.3. The number of carboxylic acids is 1. The smallest absolute Gasteiger partial charge is 0.373 e. The highest BCUT2D eigenvalue weighted by Crippen LogP contribution is 1.93. The molecule has 0 heterocycles. The number of carbonyl (C=O) groups excluding carboxylic acids is 1. The third-order valence-corrected chi connectivity index (χ3v) is 0.866. The van der Waals surface area contributed by atoms with Gasteiger partial charge in [0, 0.05) is 0 Å². The van der Waals surface area contributed by atoms with Gasteiger partial charge in [0.2, 0.25) is 0 Å². The van der Waals surface area contributed by atoms with Crippen molar-refractivity contribution in [3.63, 3.8) is 0 Å². The van der Waals surface area contributed by atoms with Crippen molar-refractivity contribution in [2.24, 2.45) is 5.92 Å². The topological polar surface area (TPSA) is 98.4 Å². The van der Waals surface area contributed by atoms with Gasteiger partial charge in [-0.3, -0.25) is 4.79 Å². The summed E-state index contributed by atoms with van der Waals surface area (Å²) in [6, 6.07) is 1.35. The van der Waals surface area contributed by atoms with Gasteiger partial charge in [-0.1, -0.05) is 0 Å². The molecule has 1 unspecified atom stereocenters. The lowest BCUT2D eigenvalue weighted by Gasteiger charge is -1.96. The summed E-state index contributed by atoms with van der Waals surface area (Å²) in [6.07, 6.45) is 0. The van der Waals surface area contributed by atoms with Gasteiger partial charge in [-0.15, -0.1) is 0 Å². The fourth-order valence-corrected chi connectivity index (χ4v) is 0.331. The number of nitrogens with zero attached hydrogens (tertiary/aromatic N) is 1. The number of hydrogen-bond donors (Lipinski definition) is 2. The molecule has 0 aromatic carbocycles. The molecule has 0 aliphatic heterocycles. The Balaban J connectivity index is 4.20. The molecule has 5 heteroatoms. The summed E-state index contributed by atoms with van der Waals surface area (Å²) in [7, 11) is 0. The molecule has 54 valence electrons. The molecule has 2 N–H and O–H groups in total. The Bertz CT molecular complexity index is 192. The Morgan fingerprint density at radius 3 is 2.20 bits per heavy atom. The predicted molar refractivity (Wildman–Crippen MR) is 28.8 cm³/mol. The molecule has 0 saturated carbocycles. The fourth-order valence-electron chi connectivity index (χ4n) is 0.331. The lowest BCUT2D eigenvalue weighted by molar-refractivity contribution is -0.150. The number of rotatable bonds is 3. The van der Waals surface area contributed by atoms with Gasteiger partial charge in [0.25, 0.3) is 5.78 Å². The van der Waals surface area contributed by atoms with Gasteiger partial charge in [0.05, 0.1) is 12.7 Å². The van der Waals surface area contributed by atoms with Crippen molar-refractivity contribution in [2.45, 2.75) is 0 Å². The normalized spacial score (nSPS) is 11.6. The minimum Gasteiger partial charge on any atom is -0.475 e.